The Balaban J connectivity index is 1.70. The summed E-state index contributed by atoms with van der Waals surface area (Å²) in [6.07, 6.45) is 0. The first kappa shape index (κ1) is 20.2. The lowest BCUT2D eigenvalue weighted by molar-refractivity contribution is -0.119. The molecule has 0 aliphatic rings. The largest absolute Gasteiger partial charge is 0.490 e. The van der Waals surface area contributed by atoms with Crippen LogP contribution in [0.1, 0.15) is 18.2 Å². The van der Waals surface area contributed by atoms with Gasteiger partial charge in [0.2, 0.25) is 5.91 Å². The summed E-state index contributed by atoms with van der Waals surface area (Å²) in [6, 6.07) is 13.1. The van der Waals surface area contributed by atoms with Crippen LogP contribution in [-0.2, 0) is 11.4 Å². The van der Waals surface area contributed by atoms with Crippen molar-refractivity contribution >= 4 is 40.0 Å². The molecule has 2 aromatic carbocycles. The standard InChI is InChI=1S/C21H20Cl2N2O3/c1-13-3-4-15-11-16(5-7-19(15)25-13)28-12-17-18(22)6-8-20(21(17)23)27-10-9-24-14(2)26/h3-8,11H,9-10,12H2,1-2H3,(H,24,26). The molecule has 5 nitrogen and oxygen atoms in total. The summed E-state index contributed by atoms with van der Waals surface area (Å²) in [5.74, 6) is 1.08. The van der Waals surface area contributed by atoms with Crippen molar-refractivity contribution in [1.82, 2.24) is 10.3 Å². The van der Waals surface area contributed by atoms with Crippen LogP contribution in [0.3, 0.4) is 0 Å². The van der Waals surface area contributed by atoms with Gasteiger partial charge in [-0.25, -0.2) is 0 Å². The molecule has 0 saturated heterocycles. The fraction of sp³-hybridized carbons (Fsp3) is 0.238. The molecule has 3 aromatic rings. The Bertz CT molecular complexity index is 1010. The van der Waals surface area contributed by atoms with E-state index in [1.165, 1.54) is 6.92 Å². The molecule has 0 bridgehead atoms. The monoisotopic (exact) mass is 418 g/mol. The van der Waals surface area contributed by atoms with Gasteiger partial charge in [-0.15, -0.1) is 0 Å². The average Bonchev–Trinajstić information content (AvgIpc) is 2.66. The summed E-state index contributed by atoms with van der Waals surface area (Å²) >= 11 is 12.7. The minimum Gasteiger partial charge on any atom is -0.490 e. The predicted molar refractivity (Wildman–Crippen MR) is 111 cm³/mol. The number of halogens is 2. The van der Waals surface area contributed by atoms with Crippen molar-refractivity contribution in [3.63, 3.8) is 0 Å². The van der Waals surface area contributed by atoms with Crippen molar-refractivity contribution < 1.29 is 14.3 Å². The molecule has 0 fully saturated rings. The fourth-order valence-electron chi connectivity index (χ4n) is 2.66. The van der Waals surface area contributed by atoms with E-state index >= 15 is 0 Å². The van der Waals surface area contributed by atoms with Crippen molar-refractivity contribution in [2.24, 2.45) is 0 Å². The summed E-state index contributed by atoms with van der Waals surface area (Å²) < 4.78 is 11.5. The van der Waals surface area contributed by atoms with Crippen LogP contribution in [-0.4, -0.2) is 24.0 Å². The smallest absolute Gasteiger partial charge is 0.216 e. The van der Waals surface area contributed by atoms with Gasteiger partial charge in [0.05, 0.1) is 17.1 Å². The number of hydrogen-bond donors (Lipinski definition) is 1. The number of rotatable bonds is 7. The Hall–Kier alpha value is -2.50. The van der Waals surface area contributed by atoms with E-state index in [9.17, 15) is 4.79 Å². The zero-order valence-electron chi connectivity index (χ0n) is 15.6. The van der Waals surface area contributed by atoms with Crippen LogP contribution >= 0.6 is 23.2 Å². The van der Waals surface area contributed by atoms with Crippen molar-refractivity contribution in [3.05, 3.63) is 63.8 Å². The summed E-state index contributed by atoms with van der Waals surface area (Å²) in [4.78, 5) is 15.4. The second kappa shape index (κ2) is 9.13. The van der Waals surface area contributed by atoms with E-state index in [-0.39, 0.29) is 12.5 Å². The number of amides is 1. The third-order valence-electron chi connectivity index (χ3n) is 4.07. The number of benzene rings is 2. The fourth-order valence-corrected chi connectivity index (χ4v) is 3.19. The maximum Gasteiger partial charge on any atom is 0.216 e. The first-order chi connectivity index (χ1) is 13.4. The molecular weight excluding hydrogens is 399 g/mol. The SMILES string of the molecule is CC(=O)NCCOc1ccc(Cl)c(COc2ccc3nc(C)ccc3c2)c1Cl. The maximum atomic E-state index is 10.9. The first-order valence-corrected chi connectivity index (χ1v) is 9.54. The molecule has 0 saturated carbocycles. The second-order valence-electron chi connectivity index (χ2n) is 6.27. The highest BCUT2D eigenvalue weighted by Crippen LogP contribution is 2.34. The highest BCUT2D eigenvalue weighted by molar-refractivity contribution is 6.36. The Kier molecular flexibility index (Phi) is 6.60. The van der Waals surface area contributed by atoms with Crippen LogP contribution in [0.15, 0.2) is 42.5 Å². The minimum atomic E-state index is -0.111. The number of hydrogen-bond acceptors (Lipinski definition) is 4. The summed E-state index contributed by atoms with van der Waals surface area (Å²) in [6.45, 7) is 4.31. The Morgan fingerprint density at radius 2 is 1.93 bits per heavy atom. The lowest BCUT2D eigenvalue weighted by atomic mass is 10.2. The predicted octanol–water partition coefficient (Wildman–Crippen LogP) is 4.94. The highest BCUT2D eigenvalue weighted by atomic mass is 35.5. The molecule has 28 heavy (non-hydrogen) atoms. The molecule has 1 N–H and O–H groups in total. The Morgan fingerprint density at radius 1 is 1.11 bits per heavy atom. The summed E-state index contributed by atoms with van der Waals surface area (Å²) in [5.41, 5.74) is 2.52. The molecule has 7 heteroatoms. The van der Waals surface area contributed by atoms with Crippen molar-refractivity contribution in [2.75, 3.05) is 13.2 Å². The van der Waals surface area contributed by atoms with E-state index < -0.39 is 0 Å². The van der Waals surface area contributed by atoms with E-state index in [1.54, 1.807) is 12.1 Å². The van der Waals surface area contributed by atoms with Gasteiger partial charge in [-0.3, -0.25) is 9.78 Å². The highest BCUT2D eigenvalue weighted by Gasteiger charge is 2.13. The first-order valence-electron chi connectivity index (χ1n) is 8.78. The van der Waals surface area contributed by atoms with Gasteiger partial charge in [-0.05, 0) is 43.3 Å². The number of ether oxygens (including phenoxy) is 2. The Labute approximate surface area is 173 Å². The molecule has 1 heterocycles. The number of carbonyl (C=O) groups is 1. The molecule has 146 valence electrons. The van der Waals surface area contributed by atoms with Crippen LogP contribution in [0.4, 0.5) is 0 Å². The van der Waals surface area contributed by atoms with Gasteiger partial charge in [0.25, 0.3) is 0 Å². The van der Waals surface area contributed by atoms with Crippen LogP contribution in [0.25, 0.3) is 10.9 Å². The van der Waals surface area contributed by atoms with E-state index in [0.717, 1.165) is 16.6 Å². The third kappa shape index (κ3) is 5.06. The van der Waals surface area contributed by atoms with Gasteiger partial charge in [0.1, 0.15) is 24.7 Å². The lowest BCUT2D eigenvalue weighted by Gasteiger charge is -2.14. The zero-order valence-corrected chi connectivity index (χ0v) is 17.1. The summed E-state index contributed by atoms with van der Waals surface area (Å²) in [7, 11) is 0. The van der Waals surface area contributed by atoms with Crippen LogP contribution < -0.4 is 14.8 Å². The number of pyridine rings is 1. The normalized spacial score (nSPS) is 10.7. The molecule has 0 spiro atoms. The van der Waals surface area contributed by atoms with Crippen LogP contribution in [0.5, 0.6) is 11.5 Å². The Morgan fingerprint density at radius 3 is 2.71 bits per heavy atom. The van der Waals surface area contributed by atoms with Crippen molar-refractivity contribution in [1.29, 1.82) is 0 Å². The quantitative estimate of drug-likeness (QED) is 0.551. The summed E-state index contributed by atoms with van der Waals surface area (Å²) in [5, 5.41) is 4.55. The molecule has 0 aliphatic carbocycles. The molecule has 0 unspecified atom stereocenters. The van der Waals surface area contributed by atoms with Crippen molar-refractivity contribution in [2.45, 2.75) is 20.5 Å². The van der Waals surface area contributed by atoms with Crippen LogP contribution in [0.2, 0.25) is 10.0 Å². The zero-order chi connectivity index (χ0) is 20.1. The lowest BCUT2D eigenvalue weighted by Crippen LogP contribution is -2.25. The maximum absolute atomic E-state index is 10.9. The molecule has 0 aliphatic heterocycles. The van der Waals surface area contributed by atoms with Crippen molar-refractivity contribution in [3.8, 4) is 11.5 Å². The van der Waals surface area contributed by atoms with E-state index in [1.807, 2.05) is 37.3 Å². The number of aryl methyl sites for hydroxylation is 1. The van der Waals surface area contributed by atoms with Gasteiger partial charge in [0.15, 0.2) is 0 Å². The minimum absolute atomic E-state index is 0.111. The number of carbonyl (C=O) groups excluding carboxylic acids is 1. The second-order valence-corrected chi connectivity index (χ2v) is 7.05. The molecule has 3 rings (SSSR count). The van der Waals surface area contributed by atoms with E-state index in [4.69, 9.17) is 32.7 Å². The molecule has 0 radical (unpaired) electrons. The van der Waals surface area contributed by atoms with E-state index in [0.29, 0.717) is 40.3 Å². The molecular formula is C21H20Cl2N2O3. The van der Waals surface area contributed by atoms with Gasteiger partial charge < -0.3 is 14.8 Å². The number of fused-ring (bicyclic) bond motifs is 1. The topological polar surface area (TPSA) is 60.5 Å². The van der Waals surface area contributed by atoms with Crippen LogP contribution in [0, 0.1) is 6.92 Å². The molecule has 0 atom stereocenters. The number of nitrogens with zero attached hydrogens (tertiary/aromatic N) is 1. The number of aromatic nitrogens is 1. The van der Waals surface area contributed by atoms with Gasteiger partial charge in [-0.2, -0.15) is 0 Å². The van der Waals surface area contributed by atoms with E-state index in [2.05, 4.69) is 10.3 Å². The third-order valence-corrected chi connectivity index (χ3v) is 4.84. The number of nitrogens with one attached hydrogen (secondary N) is 1. The molecule has 1 amide bonds. The van der Waals surface area contributed by atoms with Gasteiger partial charge >= 0.3 is 0 Å². The van der Waals surface area contributed by atoms with Gasteiger partial charge in [-0.1, -0.05) is 29.3 Å². The molecule has 1 aromatic heterocycles. The van der Waals surface area contributed by atoms with Gasteiger partial charge in [0, 0.05) is 28.6 Å². The average molecular weight is 419 g/mol.